The fourth-order valence-corrected chi connectivity index (χ4v) is 7.79. The van der Waals surface area contributed by atoms with E-state index in [1.165, 1.54) is 23.9 Å². The van der Waals surface area contributed by atoms with Gasteiger partial charge in [-0.1, -0.05) is 20.8 Å². The Morgan fingerprint density at radius 1 is 1.02 bits per heavy atom. The molecule has 5 rings (SSSR count). The molecule has 286 valence electrons. The Morgan fingerprint density at radius 3 is 2.13 bits per heavy atom. The molecule has 1 saturated carbocycles. The number of aromatic hydroxyl groups is 1. The van der Waals surface area contributed by atoms with Crippen molar-refractivity contribution < 1.29 is 52.8 Å². The first kappa shape index (κ1) is 39.1. The molecular formula is C37H44F3N5O8. The largest absolute Gasteiger partial charge is 0.508 e. The SMILES string of the molecule is CN(C)c1cc(CN(CC(C)(C)C)C(=O)Nc2ccc(C(F)(F)F)cc2)c(O)c2c1CC1CC3C(N(C)C)C(=O)C(C(N)=O)=C(O)C3(O)C(=O)C1=C2O. The van der Waals surface area contributed by atoms with E-state index in [4.69, 9.17) is 5.73 Å². The summed E-state index contributed by atoms with van der Waals surface area (Å²) in [7, 11) is 6.48. The van der Waals surface area contributed by atoms with Gasteiger partial charge in [0.15, 0.2) is 11.4 Å². The number of hydrogen-bond acceptors (Lipinski definition) is 10. The summed E-state index contributed by atoms with van der Waals surface area (Å²) in [6.45, 7) is 5.46. The molecule has 13 nitrogen and oxygen atoms in total. The average molecular weight is 744 g/mol. The van der Waals surface area contributed by atoms with Gasteiger partial charge in [0.1, 0.15) is 22.8 Å². The van der Waals surface area contributed by atoms with Crippen LogP contribution in [-0.2, 0) is 33.5 Å². The minimum atomic E-state index is -4.56. The number of aliphatic hydroxyl groups is 3. The third-order valence-corrected chi connectivity index (χ3v) is 10.0. The number of phenolic OH excluding ortho intramolecular Hbond substituents is 1. The Labute approximate surface area is 304 Å². The number of fused-ring (bicyclic) bond motifs is 3. The molecule has 1 fully saturated rings. The van der Waals surface area contributed by atoms with Crippen LogP contribution < -0.4 is 16.0 Å². The summed E-state index contributed by atoms with van der Waals surface area (Å²) in [5, 5.41) is 49.4. The number of nitrogens with two attached hydrogens (primary N) is 1. The van der Waals surface area contributed by atoms with E-state index in [1.807, 2.05) is 20.8 Å². The van der Waals surface area contributed by atoms with Crippen LogP contribution in [0.1, 0.15) is 49.4 Å². The molecule has 2 aromatic carbocycles. The summed E-state index contributed by atoms with van der Waals surface area (Å²) in [5.41, 5.74) is 1.08. The molecule has 2 aromatic rings. The van der Waals surface area contributed by atoms with Crippen molar-refractivity contribution in [1.82, 2.24) is 9.80 Å². The zero-order valence-electron chi connectivity index (χ0n) is 30.4. The van der Waals surface area contributed by atoms with Gasteiger partial charge in [0.05, 0.1) is 23.7 Å². The zero-order valence-corrected chi connectivity index (χ0v) is 30.4. The van der Waals surface area contributed by atoms with Gasteiger partial charge in [-0.05, 0) is 74.2 Å². The number of aliphatic hydroxyl groups excluding tert-OH is 2. The predicted molar refractivity (Wildman–Crippen MR) is 189 cm³/mol. The normalized spacial score (nSPS) is 23.1. The van der Waals surface area contributed by atoms with Gasteiger partial charge in [0, 0.05) is 49.1 Å². The number of hydrogen-bond donors (Lipinski definition) is 6. The lowest BCUT2D eigenvalue weighted by atomic mass is 9.57. The first-order valence-corrected chi connectivity index (χ1v) is 16.8. The number of Topliss-reactive ketones (excluding diaryl/α,β-unsaturated/α-hetero) is 2. The van der Waals surface area contributed by atoms with Crippen molar-refractivity contribution in [2.24, 2.45) is 23.0 Å². The number of carbonyl (C=O) groups excluding carboxylic acids is 4. The standard InChI is InChI=1S/C37H44F3N5O8/c1-35(2,3)16-45(34(52)42-20-10-8-19(9-11-20)37(38,39)40)15-18-14-23(43(4)5)21-12-17-13-22-27(44(6)7)30(48)26(33(41)51)32(50)36(22,53)31(49)24(17)29(47)25(21)28(18)46/h8-11,14,17,22,27,46-47,50,53H,12-13,15-16H2,1-7H3,(H2,41,51)(H,42,52). The first-order chi connectivity index (χ1) is 24.4. The van der Waals surface area contributed by atoms with E-state index in [9.17, 15) is 52.8 Å². The van der Waals surface area contributed by atoms with Gasteiger partial charge in [-0.3, -0.25) is 19.3 Å². The van der Waals surface area contributed by atoms with E-state index in [2.05, 4.69) is 5.32 Å². The molecule has 0 radical (unpaired) electrons. The molecule has 0 spiro atoms. The monoisotopic (exact) mass is 743 g/mol. The zero-order chi connectivity index (χ0) is 39.7. The van der Waals surface area contributed by atoms with Gasteiger partial charge in [-0.15, -0.1) is 0 Å². The number of likely N-dealkylation sites (N-methyl/N-ethyl adjacent to an activating group) is 1. The highest BCUT2D eigenvalue weighted by atomic mass is 19.4. The highest BCUT2D eigenvalue weighted by Gasteiger charge is 2.64. The van der Waals surface area contributed by atoms with Crippen LogP contribution >= 0.6 is 0 Å². The molecule has 0 heterocycles. The summed E-state index contributed by atoms with van der Waals surface area (Å²) < 4.78 is 39.4. The van der Waals surface area contributed by atoms with Crippen molar-refractivity contribution in [3.05, 3.63) is 69.5 Å². The van der Waals surface area contributed by atoms with Crippen LogP contribution in [-0.4, -0.2) is 100 Å². The van der Waals surface area contributed by atoms with Gasteiger partial charge >= 0.3 is 12.2 Å². The van der Waals surface area contributed by atoms with Crippen LogP contribution in [0, 0.1) is 17.3 Å². The number of rotatable bonds is 7. The number of alkyl halides is 3. The molecule has 16 heteroatoms. The third kappa shape index (κ3) is 6.81. The molecular weight excluding hydrogens is 699 g/mol. The fraction of sp³-hybridized carbons (Fsp3) is 0.459. The number of anilines is 2. The molecule has 7 N–H and O–H groups in total. The third-order valence-electron chi connectivity index (χ3n) is 10.0. The minimum Gasteiger partial charge on any atom is -0.508 e. The van der Waals surface area contributed by atoms with E-state index in [0.29, 0.717) is 11.3 Å². The van der Waals surface area contributed by atoms with Gasteiger partial charge in [-0.25, -0.2) is 4.79 Å². The number of primary amides is 1. The Hall–Kier alpha value is -5.09. The number of nitrogens with one attached hydrogen (secondary N) is 1. The van der Waals surface area contributed by atoms with Crippen LogP contribution in [0.4, 0.5) is 29.3 Å². The summed E-state index contributed by atoms with van der Waals surface area (Å²) >= 11 is 0. The molecule has 53 heavy (non-hydrogen) atoms. The second kappa shape index (κ2) is 13.4. The Morgan fingerprint density at radius 2 is 1.62 bits per heavy atom. The molecule has 4 unspecified atom stereocenters. The summed E-state index contributed by atoms with van der Waals surface area (Å²) in [4.78, 5) is 58.1. The van der Waals surface area contributed by atoms with Crippen LogP contribution in [0.2, 0.25) is 0 Å². The molecule has 3 amide bonds. The maximum Gasteiger partial charge on any atom is 0.416 e. The van der Waals surface area contributed by atoms with E-state index >= 15 is 0 Å². The lowest BCUT2D eigenvalue weighted by molar-refractivity contribution is -0.153. The molecule has 3 aliphatic rings. The van der Waals surface area contributed by atoms with Gasteiger partial charge in [0.2, 0.25) is 5.78 Å². The van der Waals surface area contributed by atoms with Gasteiger partial charge in [-0.2, -0.15) is 13.2 Å². The first-order valence-electron chi connectivity index (χ1n) is 16.8. The van der Waals surface area contributed by atoms with Crippen molar-refractivity contribution in [3.63, 3.8) is 0 Å². The van der Waals surface area contributed by atoms with Crippen molar-refractivity contribution in [3.8, 4) is 5.75 Å². The number of amides is 3. The number of carbonyl (C=O) groups is 4. The van der Waals surface area contributed by atoms with Crippen molar-refractivity contribution in [1.29, 1.82) is 0 Å². The highest BCUT2D eigenvalue weighted by Crippen LogP contribution is 2.54. The second-order valence-corrected chi connectivity index (χ2v) is 15.5. The molecule has 0 aliphatic heterocycles. The number of halogens is 3. The van der Waals surface area contributed by atoms with Crippen molar-refractivity contribution in [2.75, 3.05) is 45.0 Å². The molecule has 4 atom stereocenters. The van der Waals surface area contributed by atoms with Crippen molar-refractivity contribution in [2.45, 2.75) is 58.0 Å². The van der Waals surface area contributed by atoms with Crippen LogP contribution in [0.3, 0.4) is 0 Å². The smallest absolute Gasteiger partial charge is 0.416 e. The summed E-state index contributed by atoms with van der Waals surface area (Å²) in [6.07, 6.45) is -4.58. The number of urea groups is 1. The Balaban J connectivity index is 1.61. The maximum absolute atomic E-state index is 14.3. The lowest BCUT2D eigenvalue weighted by Gasteiger charge is -2.50. The van der Waals surface area contributed by atoms with Crippen LogP contribution in [0.25, 0.3) is 5.76 Å². The van der Waals surface area contributed by atoms with E-state index in [-0.39, 0.29) is 48.3 Å². The minimum absolute atomic E-state index is 0.0655. The Kier molecular flexibility index (Phi) is 9.89. The van der Waals surface area contributed by atoms with E-state index in [0.717, 1.165) is 24.3 Å². The topological polar surface area (TPSA) is 197 Å². The van der Waals surface area contributed by atoms with E-state index in [1.54, 1.807) is 25.1 Å². The number of nitrogens with zero attached hydrogens (tertiary/aromatic N) is 3. The molecule has 0 bridgehead atoms. The second-order valence-electron chi connectivity index (χ2n) is 15.5. The number of ketones is 2. The highest BCUT2D eigenvalue weighted by molar-refractivity contribution is 6.24. The fourth-order valence-electron chi connectivity index (χ4n) is 7.79. The van der Waals surface area contributed by atoms with E-state index < -0.39 is 87.0 Å². The predicted octanol–water partition coefficient (Wildman–Crippen LogP) is 4.13. The number of phenols is 1. The summed E-state index contributed by atoms with van der Waals surface area (Å²) in [6, 6.07) is 3.66. The van der Waals surface area contributed by atoms with Crippen LogP contribution in [0.15, 0.2) is 47.2 Å². The molecule has 0 saturated heterocycles. The average Bonchev–Trinajstić information content (AvgIpc) is 3.02. The molecule has 0 aromatic heterocycles. The summed E-state index contributed by atoms with van der Waals surface area (Å²) in [5.74, 6) is -7.71. The number of benzene rings is 2. The quantitative estimate of drug-likeness (QED) is 0.225. The molecule has 3 aliphatic carbocycles. The van der Waals surface area contributed by atoms with Crippen LogP contribution in [0.5, 0.6) is 5.75 Å². The van der Waals surface area contributed by atoms with Gasteiger partial charge < -0.3 is 41.3 Å². The Bertz CT molecular complexity index is 1950. The van der Waals surface area contributed by atoms with Crippen molar-refractivity contribution >= 4 is 40.6 Å². The maximum atomic E-state index is 14.3. The van der Waals surface area contributed by atoms with Gasteiger partial charge in [0.25, 0.3) is 5.91 Å². The lowest BCUT2D eigenvalue weighted by Crippen LogP contribution is -2.65.